The molecule has 4 heterocycles. The van der Waals surface area contributed by atoms with Gasteiger partial charge in [-0.15, -0.1) is 11.3 Å². The van der Waals surface area contributed by atoms with Crippen LogP contribution in [0.4, 0.5) is 11.5 Å². The van der Waals surface area contributed by atoms with Crippen molar-refractivity contribution in [2.24, 2.45) is 11.7 Å². The highest BCUT2D eigenvalue weighted by Gasteiger charge is 2.34. The fourth-order valence-corrected chi connectivity index (χ4v) is 6.53. The largest absolute Gasteiger partial charge is 0.487 e. The smallest absolute Gasteiger partial charge is 0.226 e. The van der Waals surface area contributed by atoms with Gasteiger partial charge in [0, 0.05) is 35.3 Å². The minimum Gasteiger partial charge on any atom is -0.487 e. The molecule has 1 aliphatic heterocycles. The molecule has 0 saturated carbocycles. The predicted octanol–water partition coefficient (Wildman–Crippen LogP) is 3.39. The Morgan fingerprint density at radius 1 is 1.41 bits per heavy atom. The maximum absolute atomic E-state index is 13.3. The van der Waals surface area contributed by atoms with E-state index >= 15 is 0 Å². The third-order valence-corrected chi connectivity index (χ3v) is 8.46. The van der Waals surface area contributed by atoms with Crippen molar-refractivity contribution in [1.82, 2.24) is 25.1 Å². The second kappa shape index (κ2) is 9.88. The molecule has 194 valence electrons. The Bertz CT molecular complexity index is 1450. The maximum Gasteiger partial charge on any atom is 0.226 e. The van der Waals surface area contributed by atoms with Crippen molar-refractivity contribution in [2.75, 3.05) is 31.6 Å². The Morgan fingerprint density at radius 2 is 2.30 bits per heavy atom. The number of thiophene rings is 1. The van der Waals surface area contributed by atoms with Crippen LogP contribution in [0.3, 0.4) is 0 Å². The summed E-state index contributed by atoms with van der Waals surface area (Å²) in [4.78, 5) is 26.7. The molecule has 10 nitrogen and oxygen atoms in total. The first kappa shape index (κ1) is 24.1. The Balaban J connectivity index is 1.32. The fraction of sp³-hybridized carbons (Fsp3) is 0.462. The van der Waals surface area contributed by atoms with Gasteiger partial charge in [0.05, 0.1) is 42.0 Å². The summed E-state index contributed by atoms with van der Waals surface area (Å²) < 4.78 is 11.7. The summed E-state index contributed by atoms with van der Waals surface area (Å²) in [5.41, 5.74) is 8.74. The lowest BCUT2D eigenvalue weighted by Crippen LogP contribution is -2.50. The molecule has 37 heavy (non-hydrogen) atoms. The molecule has 4 N–H and O–H groups in total. The zero-order chi connectivity index (χ0) is 25.5. The number of aryl methyl sites for hydroxylation is 1. The van der Waals surface area contributed by atoms with Crippen LogP contribution in [0.2, 0.25) is 0 Å². The molecule has 3 aromatic heterocycles. The first-order valence-corrected chi connectivity index (χ1v) is 13.6. The number of hydrogen-bond donors (Lipinski definition) is 3. The minimum atomic E-state index is -0.149. The molecular formula is C26H31N7O3S. The monoisotopic (exact) mass is 521 g/mol. The Labute approximate surface area is 218 Å². The topological polar surface area (TPSA) is 131 Å². The third kappa shape index (κ3) is 4.51. The van der Waals surface area contributed by atoms with Crippen LogP contribution in [0, 0.1) is 5.92 Å². The zero-order valence-corrected chi connectivity index (χ0v) is 21.8. The van der Waals surface area contributed by atoms with Gasteiger partial charge >= 0.3 is 0 Å². The van der Waals surface area contributed by atoms with E-state index in [4.69, 9.17) is 15.2 Å². The number of carbonyl (C=O) groups excluding carboxylic acids is 1. The van der Waals surface area contributed by atoms with E-state index in [1.54, 1.807) is 23.9 Å². The van der Waals surface area contributed by atoms with Crippen molar-refractivity contribution < 1.29 is 14.3 Å². The summed E-state index contributed by atoms with van der Waals surface area (Å²) in [5, 5.41) is 12.7. The second-order valence-electron chi connectivity index (χ2n) is 9.90. The van der Waals surface area contributed by atoms with Gasteiger partial charge in [-0.05, 0) is 44.7 Å². The van der Waals surface area contributed by atoms with Gasteiger partial charge in [0.2, 0.25) is 5.91 Å². The average Bonchev–Trinajstić information content (AvgIpc) is 3.52. The standard InChI is InChI=1S/C26H31N7O3S/c1-14-12-35-6-5-33(14)26(34)16-3-4-18-22(8-16)37-25-23(18)24(28-13-29-25)31-20-7-17-11-30-32-19(17)9-21(20)36-15(2)10-27/h7,9,11,13-16H,3-6,8,10,12,27H2,1-2H3,(H,30,32)(H,28,29,31)/t14-,15+,16-/m0/s1. The molecule has 11 heteroatoms. The van der Waals surface area contributed by atoms with E-state index < -0.39 is 0 Å². The number of aromatic amines is 1. The lowest BCUT2D eigenvalue weighted by atomic mass is 9.86. The van der Waals surface area contributed by atoms with Gasteiger partial charge in [0.1, 0.15) is 28.8 Å². The number of fused-ring (bicyclic) bond motifs is 4. The van der Waals surface area contributed by atoms with Crippen molar-refractivity contribution in [1.29, 1.82) is 0 Å². The molecule has 0 spiro atoms. The van der Waals surface area contributed by atoms with E-state index in [1.165, 1.54) is 10.4 Å². The van der Waals surface area contributed by atoms with Gasteiger partial charge < -0.3 is 25.4 Å². The van der Waals surface area contributed by atoms with Gasteiger partial charge in [-0.1, -0.05) is 0 Å². The van der Waals surface area contributed by atoms with Crippen molar-refractivity contribution in [3.05, 3.63) is 35.1 Å². The van der Waals surface area contributed by atoms with Crippen LogP contribution in [-0.4, -0.2) is 69.4 Å². The van der Waals surface area contributed by atoms with E-state index in [0.29, 0.717) is 32.1 Å². The zero-order valence-electron chi connectivity index (χ0n) is 21.0. The molecule has 1 fully saturated rings. The lowest BCUT2D eigenvalue weighted by molar-refractivity contribution is -0.143. The number of morpholine rings is 1. The number of ether oxygens (including phenoxy) is 2. The first-order chi connectivity index (χ1) is 18.0. The number of hydrogen-bond acceptors (Lipinski definition) is 9. The molecule has 1 aromatic carbocycles. The number of anilines is 2. The summed E-state index contributed by atoms with van der Waals surface area (Å²) in [6.45, 7) is 6.29. The Kier molecular flexibility index (Phi) is 6.43. The number of aromatic nitrogens is 4. The number of nitrogens with one attached hydrogen (secondary N) is 2. The van der Waals surface area contributed by atoms with Crippen LogP contribution in [0.25, 0.3) is 21.1 Å². The maximum atomic E-state index is 13.3. The summed E-state index contributed by atoms with van der Waals surface area (Å²) >= 11 is 1.67. The van der Waals surface area contributed by atoms with Gasteiger partial charge in [0.15, 0.2) is 0 Å². The molecule has 1 aliphatic carbocycles. The number of nitrogens with two attached hydrogens (primary N) is 1. The van der Waals surface area contributed by atoms with Crippen molar-refractivity contribution in [3.8, 4) is 5.75 Å². The van der Waals surface area contributed by atoms with E-state index in [2.05, 4.69) is 32.4 Å². The molecule has 0 unspecified atom stereocenters. The Morgan fingerprint density at radius 3 is 3.14 bits per heavy atom. The first-order valence-electron chi connectivity index (χ1n) is 12.8. The van der Waals surface area contributed by atoms with E-state index in [0.717, 1.165) is 51.9 Å². The number of amides is 1. The van der Waals surface area contributed by atoms with Crippen LogP contribution in [-0.2, 0) is 22.4 Å². The van der Waals surface area contributed by atoms with Crippen molar-refractivity contribution >= 4 is 49.9 Å². The quantitative estimate of drug-likeness (QED) is 0.352. The average molecular weight is 522 g/mol. The Hall–Kier alpha value is -3.28. The van der Waals surface area contributed by atoms with Crippen LogP contribution < -0.4 is 15.8 Å². The highest BCUT2D eigenvalue weighted by atomic mass is 32.1. The van der Waals surface area contributed by atoms with Crippen LogP contribution >= 0.6 is 11.3 Å². The van der Waals surface area contributed by atoms with E-state index in [1.807, 2.05) is 24.0 Å². The van der Waals surface area contributed by atoms with Crippen LogP contribution in [0.5, 0.6) is 5.75 Å². The van der Waals surface area contributed by atoms with Gasteiger partial charge in [0.25, 0.3) is 0 Å². The molecule has 2 aliphatic rings. The van der Waals surface area contributed by atoms with E-state index in [9.17, 15) is 4.79 Å². The van der Waals surface area contributed by atoms with Crippen molar-refractivity contribution in [2.45, 2.75) is 45.3 Å². The second-order valence-corrected chi connectivity index (χ2v) is 11.0. The van der Waals surface area contributed by atoms with Gasteiger partial charge in [-0.2, -0.15) is 5.10 Å². The van der Waals surface area contributed by atoms with Crippen LogP contribution in [0.1, 0.15) is 30.7 Å². The van der Waals surface area contributed by atoms with Gasteiger partial charge in [-0.25, -0.2) is 9.97 Å². The molecule has 0 radical (unpaired) electrons. The number of benzene rings is 1. The van der Waals surface area contributed by atoms with Gasteiger partial charge in [-0.3, -0.25) is 9.89 Å². The molecule has 4 aromatic rings. The number of H-pyrrole nitrogens is 1. The van der Waals surface area contributed by atoms with Crippen molar-refractivity contribution in [3.63, 3.8) is 0 Å². The molecule has 1 saturated heterocycles. The molecule has 1 amide bonds. The van der Waals surface area contributed by atoms with Crippen LogP contribution in [0.15, 0.2) is 24.7 Å². The predicted molar refractivity (Wildman–Crippen MR) is 143 cm³/mol. The highest BCUT2D eigenvalue weighted by molar-refractivity contribution is 7.19. The lowest BCUT2D eigenvalue weighted by Gasteiger charge is -2.36. The number of carbonyl (C=O) groups is 1. The number of nitrogens with zero attached hydrogens (tertiary/aromatic N) is 4. The summed E-state index contributed by atoms with van der Waals surface area (Å²) in [5.74, 6) is 1.65. The summed E-state index contributed by atoms with van der Waals surface area (Å²) in [7, 11) is 0. The molecule has 0 bridgehead atoms. The van der Waals surface area contributed by atoms with E-state index in [-0.39, 0.29) is 24.0 Å². The number of rotatable bonds is 6. The molecule has 3 atom stereocenters. The molecule has 6 rings (SSSR count). The summed E-state index contributed by atoms with van der Waals surface area (Å²) in [6, 6.07) is 4.06. The fourth-order valence-electron chi connectivity index (χ4n) is 5.26. The normalized spacial score (nSPS) is 20.7. The summed E-state index contributed by atoms with van der Waals surface area (Å²) in [6.07, 6.45) is 5.60. The molecular weight excluding hydrogens is 490 g/mol. The SMILES string of the molecule is C[C@H](CN)Oc1cc2[nH]ncc2cc1Nc1ncnc2sc3c(c12)CC[C@H](C(=O)N1CCOC[C@@H]1C)C3. The third-order valence-electron chi connectivity index (χ3n) is 7.30. The highest BCUT2D eigenvalue weighted by Crippen LogP contribution is 2.42. The minimum absolute atomic E-state index is 0.00766.